The molecule has 20 heavy (non-hydrogen) atoms. The molecular weight excluding hydrogens is 244 g/mol. The van der Waals surface area contributed by atoms with Crippen molar-refractivity contribution in [2.24, 2.45) is 23.0 Å². The van der Waals surface area contributed by atoms with Crippen molar-refractivity contribution in [2.75, 3.05) is 13.1 Å². The van der Waals surface area contributed by atoms with Gasteiger partial charge in [0.1, 0.15) is 0 Å². The van der Waals surface area contributed by atoms with E-state index in [0.29, 0.717) is 5.41 Å². The van der Waals surface area contributed by atoms with E-state index in [0.717, 1.165) is 24.9 Å². The third kappa shape index (κ3) is 5.04. The first kappa shape index (κ1) is 18.0. The molecule has 0 spiro atoms. The van der Waals surface area contributed by atoms with E-state index in [4.69, 9.17) is 5.73 Å². The molecular formula is C18H38N2. The second-order valence-corrected chi connectivity index (χ2v) is 8.04. The van der Waals surface area contributed by atoms with Crippen molar-refractivity contribution in [3.8, 4) is 0 Å². The van der Waals surface area contributed by atoms with E-state index in [1.165, 1.54) is 44.9 Å². The van der Waals surface area contributed by atoms with Gasteiger partial charge >= 0.3 is 0 Å². The zero-order chi connectivity index (χ0) is 15.2. The molecule has 2 nitrogen and oxygen atoms in total. The van der Waals surface area contributed by atoms with Crippen LogP contribution in [0.1, 0.15) is 79.6 Å². The maximum Gasteiger partial charge on any atom is 0.0304 e. The Morgan fingerprint density at radius 1 is 1.15 bits per heavy atom. The van der Waals surface area contributed by atoms with Crippen LogP contribution in [-0.2, 0) is 0 Å². The van der Waals surface area contributed by atoms with Crippen LogP contribution in [0.4, 0.5) is 0 Å². The molecule has 1 aliphatic carbocycles. The summed E-state index contributed by atoms with van der Waals surface area (Å²) in [5, 5.41) is 3.87. The highest BCUT2D eigenvalue weighted by atomic mass is 15.0. The minimum Gasteiger partial charge on any atom is -0.329 e. The Balaban J connectivity index is 2.61. The third-order valence-corrected chi connectivity index (χ3v) is 5.72. The van der Waals surface area contributed by atoms with Gasteiger partial charge in [0.25, 0.3) is 0 Å². The van der Waals surface area contributed by atoms with Crippen LogP contribution in [0.15, 0.2) is 0 Å². The fourth-order valence-corrected chi connectivity index (χ4v) is 3.66. The lowest BCUT2D eigenvalue weighted by Gasteiger charge is -2.35. The number of nitrogens with two attached hydrogens (primary N) is 1. The molecule has 120 valence electrons. The lowest BCUT2D eigenvalue weighted by molar-refractivity contribution is 0.204. The Morgan fingerprint density at radius 3 is 2.30 bits per heavy atom. The largest absolute Gasteiger partial charge is 0.329 e. The van der Waals surface area contributed by atoms with Gasteiger partial charge in [0, 0.05) is 12.1 Å². The quantitative estimate of drug-likeness (QED) is 0.711. The van der Waals surface area contributed by atoms with Gasteiger partial charge in [-0.2, -0.15) is 0 Å². The summed E-state index contributed by atoms with van der Waals surface area (Å²) in [4.78, 5) is 0. The van der Waals surface area contributed by atoms with Crippen LogP contribution < -0.4 is 11.1 Å². The van der Waals surface area contributed by atoms with Crippen molar-refractivity contribution in [2.45, 2.75) is 85.1 Å². The molecule has 1 aliphatic rings. The fraction of sp³-hybridized carbons (Fsp3) is 1.00. The molecule has 0 bridgehead atoms. The highest BCUT2D eigenvalue weighted by molar-refractivity contribution is 4.94. The lowest BCUT2D eigenvalue weighted by Crippen LogP contribution is -2.52. The molecule has 0 radical (unpaired) electrons. The van der Waals surface area contributed by atoms with Crippen molar-refractivity contribution in [1.29, 1.82) is 0 Å². The zero-order valence-electron chi connectivity index (χ0n) is 14.6. The highest BCUT2D eigenvalue weighted by Gasteiger charge is 2.35. The molecule has 0 aromatic carbocycles. The number of hydrogen-bond donors (Lipinski definition) is 2. The molecule has 0 aromatic rings. The van der Waals surface area contributed by atoms with Crippen molar-refractivity contribution >= 4 is 0 Å². The predicted octanol–water partition coefficient (Wildman–Crippen LogP) is 4.34. The van der Waals surface area contributed by atoms with Crippen LogP contribution in [0.5, 0.6) is 0 Å². The molecule has 2 heteroatoms. The first-order valence-electron chi connectivity index (χ1n) is 8.82. The number of nitrogens with one attached hydrogen (secondary N) is 1. The Bertz CT molecular complexity index is 265. The summed E-state index contributed by atoms with van der Waals surface area (Å²) in [5.74, 6) is 1.66. The molecule has 2 unspecified atom stereocenters. The minimum atomic E-state index is 0.211. The van der Waals surface area contributed by atoms with E-state index in [1.807, 2.05) is 0 Å². The molecule has 1 saturated carbocycles. The molecule has 1 rings (SSSR count). The van der Waals surface area contributed by atoms with Gasteiger partial charge in [-0.25, -0.2) is 0 Å². The van der Waals surface area contributed by atoms with E-state index in [-0.39, 0.29) is 5.54 Å². The summed E-state index contributed by atoms with van der Waals surface area (Å²) in [6.07, 6.45) is 9.09. The average Bonchev–Trinajstić information content (AvgIpc) is 2.63. The second-order valence-electron chi connectivity index (χ2n) is 8.04. The highest BCUT2D eigenvalue weighted by Crippen LogP contribution is 2.39. The van der Waals surface area contributed by atoms with E-state index in [2.05, 4.69) is 39.9 Å². The molecule has 1 fully saturated rings. The van der Waals surface area contributed by atoms with Crippen LogP contribution in [0.25, 0.3) is 0 Å². The van der Waals surface area contributed by atoms with Crippen LogP contribution in [0.3, 0.4) is 0 Å². The van der Waals surface area contributed by atoms with Gasteiger partial charge in [0.05, 0.1) is 0 Å². The third-order valence-electron chi connectivity index (χ3n) is 5.72. The number of rotatable bonds is 6. The Kier molecular flexibility index (Phi) is 7.00. The molecule has 0 heterocycles. The molecule has 0 amide bonds. The van der Waals surface area contributed by atoms with Gasteiger partial charge in [-0.15, -0.1) is 0 Å². The van der Waals surface area contributed by atoms with E-state index in [1.54, 1.807) is 0 Å². The first-order valence-corrected chi connectivity index (χ1v) is 8.82. The van der Waals surface area contributed by atoms with Crippen LogP contribution in [0.2, 0.25) is 0 Å². The van der Waals surface area contributed by atoms with Crippen LogP contribution >= 0.6 is 0 Å². The summed E-state index contributed by atoms with van der Waals surface area (Å²) in [6.45, 7) is 13.7. The fourth-order valence-electron chi connectivity index (χ4n) is 3.66. The minimum absolute atomic E-state index is 0.211. The van der Waals surface area contributed by atoms with Crippen molar-refractivity contribution in [3.63, 3.8) is 0 Å². The zero-order valence-corrected chi connectivity index (χ0v) is 14.6. The predicted molar refractivity (Wildman–Crippen MR) is 89.9 cm³/mol. The summed E-state index contributed by atoms with van der Waals surface area (Å²) >= 11 is 0. The SMILES string of the molecule is CCC(CC)CNC1(CN)CCCC(C(C)(C)C)CC1. The van der Waals surface area contributed by atoms with Gasteiger partial charge in [0.2, 0.25) is 0 Å². The van der Waals surface area contributed by atoms with Gasteiger partial charge in [-0.1, -0.05) is 53.9 Å². The standard InChI is InChI=1S/C18H38N2/c1-6-15(7-2)13-20-18(14-19)11-8-9-16(10-12-18)17(3,4)5/h15-16,20H,6-14,19H2,1-5H3. The smallest absolute Gasteiger partial charge is 0.0304 e. The van der Waals surface area contributed by atoms with Gasteiger partial charge < -0.3 is 11.1 Å². The molecule has 0 aliphatic heterocycles. The average molecular weight is 283 g/mol. The summed E-state index contributed by atoms with van der Waals surface area (Å²) in [7, 11) is 0. The maximum atomic E-state index is 6.17. The van der Waals surface area contributed by atoms with Crippen molar-refractivity contribution in [1.82, 2.24) is 5.32 Å². The molecule has 3 N–H and O–H groups in total. The van der Waals surface area contributed by atoms with Gasteiger partial charge in [0.15, 0.2) is 0 Å². The van der Waals surface area contributed by atoms with Crippen molar-refractivity contribution in [3.05, 3.63) is 0 Å². The van der Waals surface area contributed by atoms with E-state index in [9.17, 15) is 0 Å². The summed E-state index contributed by atoms with van der Waals surface area (Å²) < 4.78 is 0. The van der Waals surface area contributed by atoms with Crippen LogP contribution in [-0.4, -0.2) is 18.6 Å². The van der Waals surface area contributed by atoms with Gasteiger partial charge in [-0.05, 0) is 49.5 Å². The molecule has 2 atom stereocenters. The summed E-state index contributed by atoms with van der Waals surface area (Å²) in [6, 6.07) is 0. The normalized spacial score (nSPS) is 28.6. The van der Waals surface area contributed by atoms with Crippen LogP contribution in [0, 0.1) is 17.3 Å². The topological polar surface area (TPSA) is 38.0 Å². The molecule has 0 aromatic heterocycles. The lowest BCUT2D eigenvalue weighted by atomic mass is 9.76. The first-order chi connectivity index (χ1) is 9.37. The second kappa shape index (κ2) is 7.79. The summed E-state index contributed by atoms with van der Waals surface area (Å²) in [5.41, 5.74) is 6.82. The van der Waals surface area contributed by atoms with E-state index >= 15 is 0 Å². The monoisotopic (exact) mass is 282 g/mol. The molecule has 0 saturated heterocycles. The maximum absolute atomic E-state index is 6.17. The van der Waals surface area contributed by atoms with Gasteiger partial charge in [-0.3, -0.25) is 0 Å². The Morgan fingerprint density at radius 2 is 1.80 bits per heavy atom. The Labute approximate surface area is 127 Å². The van der Waals surface area contributed by atoms with Crippen molar-refractivity contribution < 1.29 is 0 Å². The Hall–Kier alpha value is -0.0800. The number of hydrogen-bond acceptors (Lipinski definition) is 2. The van der Waals surface area contributed by atoms with E-state index < -0.39 is 0 Å².